The molecular weight excluding hydrogens is 242 g/mol. The topological polar surface area (TPSA) is 3.24 Å². The zero-order valence-electron chi connectivity index (χ0n) is 12.2. The van der Waals surface area contributed by atoms with E-state index in [0.29, 0.717) is 6.04 Å². The molecule has 1 fully saturated rings. The van der Waals surface area contributed by atoms with Crippen molar-refractivity contribution >= 4 is 0 Å². The SMILES string of the molecule is CCCC1CN(C(c2ccccc2)c2ccccc2)C1. The largest absolute Gasteiger partial charge is 0.292 e. The maximum absolute atomic E-state index is 2.62. The van der Waals surface area contributed by atoms with Gasteiger partial charge in [-0.2, -0.15) is 0 Å². The molecule has 0 radical (unpaired) electrons. The van der Waals surface area contributed by atoms with E-state index in [-0.39, 0.29) is 0 Å². The minimum absolute atomic E-state index is 0.422. The average molecular weight is 265 g/mol. The van der Waals surface area contributed by atoms with Gasteiger partial charge in [0.05, 0.1) is 6.04 Å². The van der Waals surface area contributed by atoms with Crippen LogP contribution in [0.1, 0.15) is 36.9 Å². The van der Waals surface area contributed by atoms with Gasteiger partial charge in [0.25, 0.3) is 0 Å². The summed E-state index contributed by atoms with van der Waals surface area (Å²) in [6.45, 7) is 4.76. The van der Waals surface area contributed by atoms with Gasteiger partial charge in [-0.25, -0.2) is 0 Å². The Morgan fingerprint density at radius 2 is 1.40 bits per heavy atom. The Morgan fingerprint density at radius 1 is 0.900 bits per heavy atom. The molecule has 2 aromatic rings. The molecule has 1 heterocycles. The highest BCUT2D eigenvalue weighted by atomic mass is 15.2. The molecule has 0 spiro atoms. The van der Waals surface area contributed by atoms with Crippen molar-refractivity contribution in [2.24, 2.45) is 5.92 Å². The van der Waals surface area contributed by atoms with Gasteiger partial charge in [-0.05, 0) is 23.5 Å². The highest BCUT2D eigenvalue weighted by molar-refractivity contribution is 5.32. The minimum Gasteiger partial charge on any atom is -0.292 e. The van der Waals surface area contributed by atoms with Crippen molar-refractivity contribution in [1.82, 2.24) is 4.90 Å². The normalized spacial score (nSPS) is 16.3. The quantitative estimate of drug-likeness (QED) is 0.769. The van der Waals surface area contributed by atoms with Crippen LogP contribution in [0.15, 0.2) is 60.7 Å². The molecule has 0 aromatic heterocycles. The summed E-state index contributed by atoms with van der Waals surface area (Å²) in [7, 11) is 0. The first-order chi connectivity index (χ1) is 9.88. The van der Waals surface area contributed by atoms with Gasteiger partial charge in [0.1, 0.15) is 0 Å². The van der Waals surface area contributed by atoms with Crippen molar-refractivity contribution in [2.45, 2.75) is 25.8 Å². The van der Waals surface area contributed by atoms with Crippen LogP contribution in [-0.2, 0) is 0 Å². The lowest BCUT2D eigenvalue weighted by Crippen LogP contribution is -2.48. The molecule has 1 aliphatic heterocycles. The Kier molecular flexibility index (Phi) is 4.17. The van der Waals surface area contributed by atoms with Crippen LogP contribution in [0.4, 0.5) is 0 Å². The fourth-order valence-corrected chi connectivity index (χ4v) is 3.30. The number of likely N-dealkylation sites (tertiary alicyclic amines) is 1. The van der Waals surface area contributed by atoms with E-state index in [1.807, 2.05) is 0 Å². The molecule has 1 aliphatic rings. The maximum atomic E-state index is 2.62. The number of hydrogen-bond donors (Lipinski definition) is 0. The molecule has 1 heteroatoms. The third-order valence-electron chi connectivity index (χ3n) is 4.28. The van der Waals surface area contributed by atoms with Gasteiger partial charge in [0.2, 0.25) is 0 Å². The lowest BCUT2D eigenvalue weighted by atomic mass is 9.88. The molecule has 0 N–H and O–H groups in total. The molecule has 0 amide bonds. The number of rotatable bonds is 5. The van der Waals surface area contributed by atoms with Crippen LogP contribution in [0.3, 0.4) is 0 Å². The highest BCUT2D eigenvalue weighted by Gasteiger charge is 2.33. The summed E-state index contributed by atoms with van der Waals surface area (Å²) in [6.07, 6.45) is 2.67. The summed E-state index contributed by atoms with van der Waals surface area (Å²) in [4.78, 5) is 2.62. The van der Waals surface area contributed by atoms with Gasteiger partial charge in [0, 0.05) is 13.1 Å². The molecule has 0 atom stereocenters. The van der Waals surface area contributed by atoms with Crippen LogP contribution >= 0.6 is 0 Å². The molecule has 1 saturated heterocycles. The molecule has 1 nitrogen and oxygen atoms in total. The lowest BCUT2D eigenvalue weighted by molar-refractivity contribution is 0.0631. The van der Waals surface area contributed by atoms with Crippen LogP contribution in [0.2, 0.25) is 0 Å². The van der Waals surface area contributed by atoms with Crippen molar-refractivity contribution < 1.29 is 0 Å². The molecule has 20 heavy (non-hydrogen) atoms. The Bertz CT molecular complexity index is 474. The van der Waals surface area contributed by atoms with Crippen LogP contribution in [0.5, 0.6) is 0 Å². The van der Waals surface area contributed by atoms with Gasteiger partial charge in [-0.1, -0.05) is 74.0 Å². The summed E-state index contributed by atoms with van der Waals surface area (Å²) < 4.78 is 0. The first-order valence-corrected chi connectivity index (χ1v) is 7.72. The van der Waals surface area contributed by atoms with Crippen LogP contribution in [0.25, 0.3) is 0 Å². The van der Waals surface area contributed by atoms with E-state index in [1.165, 1.54) is 37.1 Å². The second-order valence-electron chi connectivity index (χ2n) is 5.83. The smallest absolute Gasteiger partial charge is 0.0602 e. The number of nitrogens with zero attached hydrogens (tertiary/aromatic N) is 1. The highest BCUT2D eigenvalue weighted by Crippen LogP contribution is 2.35. The van der Waals surface area contributed by atoms with Gasteiger partial charge < -0.3 is 0 Å². The fraction of sp³-hybridized carbons (Fsp3) is 0.368. The van der Waals surface area contributed by atoms with E-state index in [2.05, 4.69) is 72.5 Å². The molecule has 3 rings (SSSR count). The van der Waals surface area contributed by atoms with Crippen molar-refractivity contribution in [3.8, 4) is 0 Å². The van der Waals surface area contributed by atoms with Crippen LogP contribution in [-0.4, -0.2) is 18.0 Å². The van der Waals surface area contributed by atoms with E-state index in [9.17, 15) is 0 Å². The summed E-state index contributed by atoms with van der Waals surface area (Å²) >= 11 is 0. The van der Waals surface area contributed by atoms with E-state index in [4.69, 9.17) is 0 Å². The molecule has 2 aromatic carbocycles. The Balaban J connectivity index is 1.83. The van der Waals surface area contributed by atoms with E-state index in [1.54, 1.807) is 0 Å². The minimum atomic E-state index is 0.422. The standard InChI is InChI=1S/C19H23N/c1-2-9-16-14-20(15-16)19(17-10-5-3-6-11-17)18-12-7-4-8-13-18/h3-8,10-13,16,19H,2,9,14-15H2,1H3. The first-order valence-electron chi connectivity index (χ1n) is 7.72. The second kappa shape index (κ2) is 6.23. The molecular formula is C19H23N. The Labute approximate surface area is 122 Å². The van der Waals surface area contributed by atoms with E-state index >= 15 is 0 Å². The van der Waals surface area contributed by atoms with Crippen molar-refractivity contribution in [3.63, 3.8) is 0 Å². The van der Waals surface area contributed by atoms with E-state index in [0.717, 1.165) is 5.92 Å². The zero-order valence-corrected chi connectivity index (χ0v) is 12.2. The van der Waals surface area contributed by atoms with Gasteiger partial charge in [0.15, 0.2) is 0 Å². The third-order valence-corrected chi connectivity index (χ3v) is 4.28. The zero-order chi connectivity index (χ0) is 13.8. The van der Waals surface area contributed by atoms with Gasteiger partial charge in [-0.15, -0.1) is 0 Å². The van der Waals surface area contributed by atoms with Gasteiger partial charge in [-0.3, -0.25) is 4.90 Å². The summed E-state index contributed by atoms with van der Waals surface area (Å²) in [5.41, 5.74) is 2.82. The summed E-state index contributed by atoms with van der Waals surface area (Å²) in [5, 5.41) is 0. The lowest BCUT2D eigenvalue weighted by Gasteiger charge is -2.45. The van der Waals surface area contributed by atoms with Crippen LogP contribution < -0.4 is 0 Å². The Morgan fingerprint density at radius 3 is 1.85 bits per heavy atom. The summed E-state index contributed by atoms with van der Waals surface area (Å²) in [5.74, 6) is 0.898. The molecule has 0 bridgehead atoms. The molecule has 104 valence electrons. The second-order valence-corrected chi connectivity index (χ2v) is 5.83. The maximum Gasteiger partial charge on any atom is 0.0602 e. The molecule has 0 unspecified atom stereocenters. The fourth-order valence-electron chi connectivity index (χ4n) is 3.30. The first kappa shape index (κ1) is 13.4. The monoisotopic (exact) mass is 265 g/mol. The van der Waals surface area contributed by atoms with Gasteiger partial charge >= 0.3 is 0 Å². The van der Waals surface area contributed by atoms with Crippen molar-refractivity contribution in [2.75, 3.05) is 13.1 Å². The third kappa shape index (κ3) is 2.78. The van der Waals surface area contributed by atoms with Crippen molar-refractivity contribution in [1.29, 1.82) is 0 Å². The number of hydrogen-bond acceptors (Lipinski definition) is 1. The summed E-state index contributed by atoms with van der Waals surface area (Å²) in [6, 6.07) is 22.2. The predicted molar refractivity (Wildman–Crippen MR) is 84.7 cm³/mol. The van der Waals surface area contributed by atoms with Crippen molar-refractivity contribution in [3.05, 3.63) is 71.8 Å². The predicted octanol–water partition coefficient (Wildman–Crippen LogP) is 4.51. The van der Waals surface area contributed by atoms with E-state index < -0.39 is 0 Å². The van der Waals surface area contributed by atoms with Crippen LogP contribution in [0, 0.1) is 5.92 Å². The average Bonchev–Trinajstić information content (AvgIpc) is 2.47. The molecule has 0 saturated carbocycles. The Hall–Kier alpha value is -1.60. The number of benzene rings is 2. The molecule has 0 aliphatic carbocycles.